The molecule has 2 aromatic carbocycles. The van der Waals surface area contributed by atoms with Crippen LogP contribution in [0.5, 0.6) is 5.75 Å². The molecule has 0 aliphatic carbocycles. The zero-order valence-electron chi connectivity index (χ0n) is 26.6. The number of halogens is 1. The molecule has 0 unspecified atom stereocenters. The van der Waals surface area contributed by atoms with Gasteiger partial charge in [0, 0.05) is 33.8 Å². The van der Waals surface area contributed by atoms with Crippen LogP contribution in [0.4, 0.5) is 5.82 Å². The maximum Gasteiger partial charge on any atom is 0.328 e. The lowest BCUT2D eigenvalue weighted by Crippen LogP contribution is -2.46. The Kier molecular flexibility index (Phi) is 13.2. The van der Waals surface area contributed by atoms with Crippen LogP contribution in [0.15, 0.2) is 58.9 Å². The van der Waals surface area contributed by atoms with Crippen molar-refractivity contribution in [3.63, 3.8) is 0 Å². The number of pyridine rings is 1. The summed E-state index contributed by atoms with van der Waals surface area (Å²) in [5.74, 6) is 0.319. The molecule has 2 atom stereocenters. The number of amides is 1. The van der Waals surface area contributed by atoms with Crippen LogP contribution in [-0.4, -0.2) is 53.7 Å². The average Bonchev–Trinajstić information content (AvgIpc) is 3.57. The van der Waals surface area contributed by atoms with Crippen molar-refractivity contribution in [3.8, 4) is 39.6 Å². The Morgan fingerprint density at radius 2 is 1.71 bits per heavy atom. The number of hydrogen-bond acceptors (Lipinski definition) is 12. The number of hydrogen-bond donors (Lipinski definition) is 3. The second-order valence-electron chi connectivity index (χ2n) is 10.5. The van der Waals surface area contributed by atoms with Gasteiger partial charge in [-0.25, -0.2) is 14.8 Å². The first-order valence-electron chi connectivity index (χ1n) is 15.1. The zero-order chi connectivity index (χ0) is 34.6. The molecule has 4 rings (SSSR count). The molecule has 0 fully saturated rings. The van der Waals surface area contributed by atoms with Crippen LogP contribution >= 0.6 is 34.7 Å². The summed E-state index contributed by atoms with van der Waals surface area (Å²) in [6, 6.07) is 17.4. The van der Waals surface area contributed by atoms with Gasteiger partial charge in [0.2, 0.25) is 5.91 Å². The van der Waals surface area contributed by atoms with E-state index in [0.29, 0.717) is 45.0 Å². The van der Waals surface area contributed by atoms with Gasteiger partial charge in [-0.3, -0.25) is 4.79 Å². The highest BCUT2D eigenvalue weighted by atomic mass is 35.5. The Labute approximate surface area is 292 Å². The first-order chi connectivity index (χ1) is 23.1. The van der Waals surface area contributed by atoms with Crippen molar-refractivity contribution in [2.45, 2.75) is 50.1 Å². The number of carbonyl (C=O) groups is 2. The number of nitrogens with zero attached hydrogens (tertiary/aromatic N) is 4. The van der Waals surface area contributed by atoms with Gasteiger partial charge in [-0.1, -0.05) is 54.6 Å². The molecule has 0 spiro atoms. The van der Waals surface area contributed by atoms with Crippen molar-refractivity contribution in [1.82, 2.24) is 15.3 Å². The number of nitrogens with two attached hydrogens (primary N) is 1. The minimum Gasteiger partial charge on any atom is -0.490 e. The SMILES string of the molecule is CCCNc1nc(SCc2csc(-c3ccc(Cl)cc3)n2)c(C#N)c(-c2ccc(OCCOC(=O)[C@H](C)NC(=O)[C@H](C)N)cc2)c1C#N. The quantitative estimate of drug-likeness (QED) is 0.0735. The van der Waals surface area contributed by atoms with E-state index < -0.39 is 24.0 Å². The number of nitrogens with one attached hydrogen (secondary N) is 2. The van der Waals surface area contributed by atoms with Gasteiger partial charge in [-0.2, -0.15) is 10.5 Å². The number of rotatable bonds is 15. The number of carbonyl (C=O) groups excluding carboxylic acids is 2. The van der Waals surface area contributed by atoms with Crippen molar-refractivity contribution in [3.05, 3.63) is 75.8 Å². The van der Waals surface area contributed by atoms with Crippen molar-refractivity contribution >= 4 is 52.4 Å². The summed E-state index contributed by atoms with van der Waals surface area (Å²) in [4.78, 5) is 33.3. The van der Waals surface area contributed by atoms with Crippen LogP contribution in [0, 0.1) is 22.7 Å². The third-order valence-corrected chi connectivity index (χ3v) is 9.00. The molecule has 0 radical (unpaired) electrons. The monoisotopic (exact) mass is 703 g/mol. The lowest BCUT2D eigenvalue weighted by atomic mass is 9.96. The molecule has 248 valence electrons. The van der Waals surface area contributed by atoms with Crippen LogP contribution in [0.1, 0.15) is 44.0 Å². The summed E-state index contributed by atoms with van der Waals surface area (Å²) in [5.41, 5.74) is 8.99. The second kappa shape index (κ2) is 17.5. The van der Waals surface area contributed by atoms with Crippen LogP contribution in [0.2, 0.25) is 5.02 Å². The molecule has 0 aliphatic rings. The number of esters is 1. The minimum absolute atomic E-state index is 0.0340. The molecule has 4 aromatic rings. The fourth-order valence-corrected chi connectivity index (χ4v) is 6.27. The van der Waals surface area contributed by atoms with E-state index in [0.717, 1.165) is 22.7 Å². The van der Waals surface area contributed by atoms with Gasteiger partial charge in [0.05, 0.1) is 17.3 Å². The maximum absolute atomic E-state index is 12.1. The molecule has 0 saturated carbocycles. The van der Waals surface area contributed by atoms with E-state index >= 15 is 0 Å². The third kappa shape index (κ3) is 9.46. The number of thiazole rings is 1. The Hall–Kier alpha value is -4.66. The second-order valence-corrected chi connectivity index (χ2v) is 12.8. The number of nitriles is 2. The largest absolute Gasteiger partial charge is 0.490 e. The highest BCUT2D eigenvalue weighted by Crippen LogP contribution is 2.38. The number of aromatic nitrogens is 2. The van der Waals surface area contributed by atoms with Gasteiger partial charge < -0.3 is 25.8 Å². The van der Waals surface area contributed by atoms with Crippen LogP contribution < -0.4 is 21.1 Å². The molecule has 2 heterocycles. The van der Waals surface area contributed by atoms with E-state index in [2.05, 4.69) is 22.8 Å². The fraction of sp³-hybridized carbons (Fsp3) is 0.294. The molecule has 2 aromatic heterocycles. The molecule has 14 heteroatoms. The number of ether oxygens (including phenoxy) is 2. The maximum atomic E-state index is 12.1. The predicted octanol–water partition coefficient (Wildman–Crippen LogP) is 6.16. The Bertz CT molecular complexity index is 1820. The van der Waals surface area contributed by atoms with Crippen molar-refractivity contribution in [1.29, 1.82) is 10.5 Å². The van der Waals surface area contributed by atoms with E-state index in [1.54, 1.807) is 24.3 Å². The lowest BCUT2D eigenvalue weighted by Gasteiger charge is -2.16. The smallest absolute Gasteiger partial charge is 0.328 e. The summed E-state index contributed by atoms with van der Waals surface area (Å²) < 4.78 is 10.9. The van der Waals surface area contributed by atoms with Crippen LogP contribution in [0.3, 0.4) is 0 Å². The standard InChI is InChI=1S/C34H34ClN7O4S2/c1-4-13-39-30-27(16-36)29(22-7-11-26(12-8-22)45-14-15-46-34(44)21(3)40-31(43)20(2)38)28(17-37)33(42-30)48-19-25-18-47-32(41-25)23-5-9-24(35)10-6-23/h5-12,18,20-21H,4,13-15,19,38H2,1-3H3,(H,39,42)(H,40,43)/t20-,21-/m0/s1. The van der Waals surface area contributed by atoms with E-state index in [9.17, 15) is 20.1 Å². The van der Waals surface area contributed by atoms with Gasteiger partial charge in [-0.05, 0) is 50.1 Å². The molecule has 0 aliphatic heterocycles. The summed E-state index contributed by atoms with van der Waals surface area (Å²) >= 11 is 8.94. The molecule has 1 amide bonds. The summed E-state index contributed by atoms with van der Waals surface area (Å²) in [6.45, 7) is 5.68. The van der Waals surface area contributed by atoms with E-state index in [1.165, 1.54) is 36.9 Å². The fourth-order valence-electron chi connectivity index (χ4n) is 4.33. The molecule has 0 bridgehead atoms. The number of benzene rings is 2. The zero-order valence-corrected chi connectivity index (χ0v) is 29.0. The Morgan fingerprint density at radius 1 is 1.02 bits per heavy atom. The first kappa shape index (κ1) is 36.2. The highest BCUT2D eigenvalue weighted by molar-refractivity contribution is 7.98. The van der Waals surface area contributed by atoms with Crippen molar-refractivity contribution in [2.75, 3.05) is 25.1 Å². The van der Waals surface area contributed by atoms with Crippen LogP contribution in [0.25, 0.3) is 21.7 Å². The van der Waals surface area contributed by atoms with Gasteiger partial charge >= 0.3 is 5.97 Å². The first-order valence-corrected chi connectivity index (χ1v) is 17.3. The number of anilines is 1. The lowest BCUT2D eigenvalue weighted by molar-refractivity contribution is -0.148. The topological polar surface area (TPSA) is 176 Å². The third-order valence-electron chi connectivity index (χ3n) is 6.80. The molecular weight excluding hydrogens is 670 g/mol. The van der Waals surface area contributed by atoms with E-state index in [-0.39, 0.29) is 24.3 Å². The van der Waals surface area contributed by atoms with Gasteiger partial charge in [-0.15, -0.1) is 11.3 Å². The molecule has 48 heavy (non-hydrogen) atoms. The summed E-state index contributed by atoms with van der Waals surface area (Å²) in [7, 11) is 0. The van der Waals surface area contributed by atoms with E-state index in [1.807, 2.05) is 36.6 Å². The predicted molar refractivity (Wildman–Crippen MR) is 188 cm³/mol. The van der Waals surface area contributed by atoms with Gasteiger partial charge in [0.25, 0.3) is 0 Å². The Morgan fingerprint density at radius 3 is 2.35 bits per heavy atom. The minimum atomic E-state index is -0.847. The van der Waals surface area contributed by atoms with Gasteiger partial charge in [0.15, 0.2) is 0 Å². The van der Waals surface area contributed by atoms with Crippen LogP contribution in [-0.2, 0) is 20.1 Å². The normalized spacial score (nSPS) is 11.9. The van der Waals surface area contributed by atoms with Crippen molar-refractivity contribution < 1.29 is 19.1 Å². The highest BCUT2D eigenvalue weighted by Gasteiger charge is 2.23. The summed E-state index contributed by atoms with van der Waals surface area (Å²) in [5, 5.41) is 30.2. The van der Waals surface area contributed by atoms with Gasteiger partial charge in [0.1, 0.15) is 58.6 Å². The summed E-state index contributed by atoms with van der Waals surface area (Å²) in [6.07, 6.45) is 0.818. The molecular formula is C34H34ClN7O4S2. The molecule has 4 N–H and O–H groups in total. The Balaban J connectivity index is 1.50. The average molecular weight is 704 g/mol. The molecule has 0 saturated heterocycles. The van der Waals surface area contributed by atoms with E-state index in [4.69, 9.17) is 36.8 Å². The molecule has 11 nitrogen and oxygen atoms in total. The van der Waals surface area contributed by atoms with Crippen molar-refractivity contribution in [2.24, 2.45) is 5.73 Å². The number of thioether (sulfide) groups is 1.